The molecule has 0 aromatic carbocycles. The van der Waals surface area contributed by atoms with Gasteiger partial charge < -0.3 is 18.9 Å². The topological polar surface area (TPSA) is 108 Å². The van der Waals surface area contributed by atoms with E-state index in [2.05, 4.69) is 74.6 Å². The van der Waals surface area contributed by atoms with Gasteiger partial charge in [0.1, 0.15) is 19.8 Å². The molecule has 1 N–H and O–H groups in total. The van der Waals surface area contributed by atoms with E-state index in [0.717, 1.165) is 70.6 Å². The lowest BCUT2D eigenvalue weighted by Gasteiger charge is -2.24. The summed E-state index contributed by atoms with van der Waals surface area (Å²) in [4.78, 5) is 35.7. The van der Waals surface area contributed by atoms with Crippen molar-refractivity contribution in [1.29, 1.82) is 0 Å². The van der Waals surface area contributed by atoms with E-state index >= 15 is 0 Å². The fourth-order valence-corrected chi connectivity index (χ4v) is 10.6. The molecule has 0 aliphatic heterocycles. The molecule has 0 aromatic rings. The maximum Gasteiger partial charge on any atom is 0.472 e. The Morgan fingerprint density at radius 1 is 0.400 bits per heavy atom. The van der Waals surface area contributed by atoms with Crippen LogP contribution in [0.2, 0.25) is 0 Å². The Morgan fingerprint density at radius 3 is 1.06 bits per heavy atom. The van der Waals surface area contributed by atoms with Gasteiger partial charge in [0.15, 0.2) is 6.10 Å². The van der Waals surface area contributed by atoms with Crippen molar-refractivity contribution in [3.63, 3.8) is 0 Å². The van der Waals surface area contributed by atoms with Crippen LogP contribution >= 0.6 is 7.82 Å². The van der Waals surface area contributed by atoms with E-state index in [0.29, 0.717) is 17.4 Å². The van der Waals surface area contributed by atoms with Crippen LogP contribution < -0.4 is 0 Å². The molecule has 0 aliphatic rings. The van der Waals surface area contributed by atoms with Crippen LogP contribution in [0, 0.1) is 0 Å². The minimum absolute atomic E-state index is 0.0296. The number of ether oxygens (including phenoxy) is 2. The Hall–Kier alpha value is -2.29. The van der Waals surface area contributed by atoms with Crippen molar-refractivity contribution in [3.8, 4) is 0 Å². The first-order valence-corrected chi connectivity index (χ1v) is 35.5. The van der Waals surface area contributed by atoms with Gasteiger partial charge in [0, 0.05) is 12.8 Å². The molecule has 80 heavy (non-hydrogen) atoms. The molecule has 468 valence electrons. The van der Waals surface area contributed by atoms with Gasteiger partial charge in [0.05, 0.1) is 27.7 Å². The number of nitrogens with zero attached hydrogens (tertiary/aromatic N) is 1. The van der Waals surface area contributed by atoms with Crippen molar-refractivity contribution in [2.75, 3.05) is 47.5 Å². The number of phosphoric ester groups is 1. The van der Waals surface area contributed by atoms with Gasteiger partial charge in [-0.3, -0.25) is 18.6 Å². The third-order valence-corrected chi connectivity index (χ3v) is 16.0. The predicted octanol–water partition coefficient (Wildman–Crippen LogP) is 21.8. The fourth-order valence-electron chi connectivity index (χ4n) is 9.83. The average molecular weight is 1150 g/mol. The summed E-state index contributed by atoms with van der Waals surface area (Å²) in [7, 11) is 1.48. The number of allylic oxidation sites excluding steroid dienone is 10. The van der Waals surface area contributed by atoms with Crippen molar-refractivity contribution < 1.29 is 42.1 Å². The minimum atomic E-state index is -4.39. The van der Waals surface area contributed by atoms with Crippen molar-refractivity contribution in [2.45, 2.75) is 328 Å². The molecule has 0 fully saturated rings. The Labute approximate surface area is 496 Å². The van der Waals surface area contributed by atoms with E-state index in [-0.39, 0.29) is 32.0 Å². The molecule has 0 heterocycles. The first-order chi connectivity index (χ1) is 39.0. The molecule has 2 unspecified atom stereocenters. The monoisotopic (exact) mass is 1140 g/mol. The molecule has 0 spiro atoms. The zero-order chi connectivity index (χ0) is 58.4. The summed E-state index contributed by atoms with van der Waals surface area (Å²) in [6, 6.07) is 0. The highest BCUT2D eigenvalue weighted by Gasteiger charge is 2.27. The van der Waals surface area contributed by atoms with E-state index in [4.69, 9.17) is 18.5 Å². The third kappa shape index (κ3) is 64.9. The lowest BCUT2D eigenvalue weighted by molar-refractivity contribution is -0.870. The molecule has 0 aromatic heterocycles. The molecule has 0 radical (unpaired) electrons. The van der Waals surface area contributed by atoms with Gasteiger partial charge in [-0.2, -0.15) is 0 Å². The normalized spacial score (nSPS) is 13.5. The van der Waals surface area contributed by atoms with E-state index in [1.165, 1.54) is 218 Å². The highest BCUT2D eigenvalue weighted by molar-refractivity contribution is 7.47. The molecule has 0 bridgehead atoms. The SMILES string of the molecule is CC/C=C\C/C=C\C/C=C\CCCCCCCCCC(=O)OC(COC(=O)CCCCCCCCCCCCCCCCCCCCCCCCCCCCC/C=C\C/C=C\CCCCCCC)COP(=O)(O)OCC[N+](C)(C)C. The summed E-state index contributed by atoms with van der Waals surface area (Å²) in [5, 5.41) is 0. The molecule has 10 heteroatoms. The summed E-state index contributed by atoms with van der Waals surface area (Å²) < 4.78 is 34.6. The van der Waals surface area contributed by atoms with Crippen LogP contribution in [0.25, 0.3) is 0 Å². The van der Waals surface area contributed by atoms with Gasteiger partial charge in [0.2, 0.25) is 0 Å². The highest BCUT2D eigenvalue weighted by Crippen LogP contribution is 2.43. The smallest absolute Gasteiger partial charge is 0.462 e. The largest absolute Gasteiger partial charge is 0.472 e. The van der Waals surface area contributed by atoms with Crippen LogP contribution in [0.4, 0.5) is 0 Å². The maximum absolute atomic E-state index is 12.8. The zero-order valence-corrected chi connectivity index (χ0v) is 54.2. The number of phosphoric acid groups is 1. The van der Waals surface area contributed by atoms with Crippen LogP contribution in [-0.4, -0.2) is 74.9 Å². The third-order valence-electron chi connectivity index (χ3n) is 15.0. The molecular weight excluding hydrogens is 1010 g/mol. The van der Waals surface area contributed by atoms with Crippen LogP contribution in [0.3, 0.4) is 0 Å². The quantitative estimate of drug-likeness (QED) is 0.0211. The van der Waals surface area contributed by atoms with Crippen molar-refractivity contribution in [2.24, 2.45) is 0 Å². The van der Waals surface area contributed by atoms with Crippen molar-refractivity contribution >= 4 is 19.8 Å². The summed E-state index contributed by atoms with van der Waals surface area (Å²) in [6.07, 6.45) is 80.6. The first kappa shape index (κ1) is 77.7. The van der Waals surface area contributed by atoms with Gasteiger partial charge in [0.25, 0.3) is 0 Å². The minimum Gasteiger partial charge on any atom is -0.462 e. The number of unbranched alkanes of at least 4 members (excludes halogenated alkanes) is 39. The lowest BCUT2D eigenvalue weighted by atomic mass is 10.0. The number of esters is 2. The predicted molar refractivity (Wildman–Crippen MR) is 344 cm³/mol. The second-order valence-corrected chi connectivity index (χ2v) is 25.6. The summed E-state index contributed by atoms with van der Waals surface area (Å²) in [5.41, 5.74) is 0. The average Bonchev–Trinajstić information content (AvgIpc) is 3.42. The van der Waals surface area contributed by atoms with E-state index in [1.54, 1.807) is 0 Å². The summed E-state index contributed by atoms with van der Waals surface area (Å²) >= 11 is 0. The molecule has 9 nitrogen and oxygen atoms in total. The van der Waals surface area contributed by atoms with Crippen LogP contribution in [0.15, 0.2) is 60.8 Å². The standard InChI is InChI=1S/C70H130NO8P/c1-6-8-10-12-14-16-18-20-22-24-25-26-27-28-29-30-31-32-33-34-35-36-37-38-39-40-41-42-43-44-45-47-48-50-52-54-56-58-60-62-69(72)76-66-68(67-78-80(74,75)77-65-64-71(3,4)5)79-70(73)63-61-59-57-55-53-51-49-46-23-21-19-17-15-13-11-9-7-2/h9,11,15,17-18,20-21,23-25,68H,6-8,10,12-14,16,19,22,26-67H2,1-5H3/p+1/b11-9-,17-15-,20-18-,23-21-,25-24-. The second-order valence-electron chi connectivity index (χ2n) is 24.2. The molecule has 0 aliphatic carbocycles. The van der Waals surface area contributed by atoms with Gasteiger partial charge in [-0.1, -0.05) is 293 Å². The van der Waals surface area contributed by atoms with E-state index in [1.807, 2.05) is 21.1 Å². The number of quaternary nitrogens is 1. The first-order valence-electron chi connectivity index (χ1n) is 34.0. The Morgan fingerprint density at radius 2 is 0.713 bits per heavy atom. The fraction of sp³-hybridized carbons (Fsp3) is 0.829. The van der Waals surface area contributed by atoms with Crippen LogP contribution in [-0.2, 0) is 32.7 Å². The number of hydrogen-bond donors (Lipinski definition) is 1. The van der Waals surface area contributed by atoms with Crippen LogP contribution in [0.1, 0.15) is 322 Å². The van der Waals surface area contributed by atoms with Crippen LogP contribution in [0.5, 0.6) is 0 Å². The van der Waals surface area contributed by atoms with E-state index in [9.17, 15) is 19.0 Å². The molecule has 0 saturated carbocycles. The van der Waals surface area contributed by atoms with E-state index < -0.39 is 26.5 Å². The van der Waals surface area contributed by atoms with Gasteiger partial charge in [-0.15, -0.1) is 0 Å². The Bertz CT molecular complexity index is 1530. The second kappa shape index (κ2) is 61.3. The number of carbonyl (C=O) groups excluding carboxylic acids is 2. The molecule has 0 amide bonds. The Balaban J connectivity index is 3.89. The molecule has 0 saturated heterocycles. The van der Waals surface area contributed by atoms with Gasteiger partial charge in [-0.25, -0.2) is 4.57 Å². The van der Waals surface area contributed by atoms with Crippen molar-refractivity contribution in [3.05, 3.63) is 60.8 Å². The summed E-state index contributed by atoms with van der Waals surface area (Å²) in [5.74, 6) is -0.797. The van der Waals surface area contributed by atoms with Gasteiger partial charge in [-0.05, 0) is 77.0 Å². The number of carbonyl (C=O) groups is 2. The number of rotatable bonds is 63. The molecular formula is C70H131NO8P+. The van der Waals surface area contributed by atoms with Crippen molar-refractivity contribution in [1.82, 2.24) is 0 Å². The number of hydrogen-bond acceptors (Lipinski definition) is 7. The maximum atomic E-state index is 12.8. The molecule has 0 rings (SSSR count). The summed E-state index contributed by atoms with van der Waals surface area (Å²) in [6.45, 7) is 4.34. The highest BCUT2D eigenvalue weighted by atomic mass is 31.2. The Kier molecular flexibility index (Phi) is 59.5. The number of likely N-dealkylation sites (N-methyl/N-ethyl adjacent to an activating group) is 1. The lowest BCUT2D eigenvalue weighted by Crippen LogP contribution is -2.37. The zero-order valence-electron chi connectivity index (χ0n) is 53.3. The molecule has 2 atom stereocenters. The van der Waals surface area contributed by atoms with Gasteiger partial charge >= 0.3 is 19.8 Å².